The number of aromatic carboxylic acids is 1. The Balaban J connectivity index is 1.69. The van der Waals surface area contributed by atoms with Crippen LogP contribution in [0.4, 0.5) is 11.4 Å². The molecule has 2 aliphatic heterocycles. The van der Waals surface area contributed by atoms with Crippen molar-refractivity contribution in [2.75, 3.05) is 24.2 Å². The van der Waals surface area contributed by atoms with Crippen LogP contribution in [-0.2, 0) is 14.4 Å². The number of amides is 2. The van der Waals surface area contributed by atoms with E-state index in [1.807, 2.05) is 19.1 Å². The van der Waals surface area contributed by atoms with Crippen LogP contribution in [0, 0.1) is 12.8 Å². The van der Waals surface area contributed by atoms with Crippen molar-refractivity contribution in [3.63, 3.8) is 0 Å². The molecule has 0 bridgehead atoms. The minimum atomic E-state index is -1.51. The lowest BCUT2D eigenvalue weighted by molar-refractivity contribution is -0.255. The summed E-state index contributed by atoms with van der Waals surface area (Å²) in [6.45, 7) is 1.86. The fraction of sp³-hybridized carbons (Fsp3) is 0.222. The Bertz CT molecular complexity index is 1360. The fourth-order valence-electron chi connectivity index (χ4n) is 4.95. The third kappa shape index (κ3) is 3.56. The molecule has 0 aromatic heterocycles. The number of nitrogens with zero attached hydrogens (tertiary/aromatic N) is 2. The third-order valence-corrected chi connectivity index (χ3v) is 6.49. The summed E-state index contributed by atoms with van der Waals surface area (Å²) < 4.78 is 10.6. The van der Waals surface area contributed by atoms with Gasteiger partial charge in [-0.3, -0.25) is 14.4 Å². The highest BCUT2D eigenvalue weighted by Crippen LogP contribution is 2.50. The smallest absolute Gasteiger partial charge is 0.266 e. The van der Waals surface area contributed by atoms with Crippen LogP contribution in [0.25, 0.3) is 0 Å². The van der Waals surface area contributed by atoms with Crippen LogP contribution in [0.1, 0.15) is 27.5 Å². The monoisotopic (exact) mass is 487 g/mol. The molecule has 2 aliphatic rings. The van der Waals surface area contributed by atoms with Gasteiger partial charge in [-0.1, -0.05) is 36.4 Å². The van der Waals surface area contributed by atoms with Gasteiger partial charge < -0.3 is 19.4 Å². The molecule has 0 unspecified atom stereocenters. The molecule has 2 saturated heterocycles. The summed E-state index contributed by atoms with van der Waals surface area (Å²) in [6.07, 6.45) is -1.15. The van der Waals surface area contributed by atoms with Gasteiger partial charge in [0.1, 0.15) is 5.92 Å². The minimum absolute atomic E-state index is 0.0428. The predicted octanol–water partition coefficient (Wildman–Crippen LogP) is 2.43. The highest BCUT2D eigenvalue weighted by molar-refractivity contribution is 6.24. The Hall–Kier alpha value is -4.37. The van der Waals surface area contributed by atoms with Crippen molar-refractivity contribution in [3.8, 4) is 11.5 Å². The van der Waals surface area contributed by atoms with Crippen molar-refractivity contribution in [1.82, 2.24) is 0 Å². The molecule has 0 radical (unpaired) electrons. The molecule has 9 nitrogen and oxygen atoms in total. The topological polar surface area (TPSA) is 108 Å². The molecule has 3 aromatic carbocycles. The molecular formula is C27H23N2O7-. The molecule has 0 aliphatic carbocycles. The lowest BCUT2D eigenvalue weighted by atomic mass is 9.87. The van der Waals surface area contributed by atoms with Gasteiger partial charge in [0.25, 0.3) is 5.91 Å². The minimum Gasteiger partial charge on any atom is -0.545 e. The van der Waals surface area contributed by atoms with Gasteiger partial charge in [-0.05, 0) is 48.4 Å². The van der Waals surface area contributed by atoms with Crippen molar-refractivity contribution < 1.29 is 33.8 Å². The van der Waals surface area contributed by atoms with Gasteiger partial charge in [0.15, 0.2) is 17.6 Å². The maximum absolute atomic E-state index is 13.8. The number of ether oxygens (including phenoxy) is 2. The standard InChI is InChI=1S/C27H24N2O7/c1-15-8-7-11-17(14-15)28-25(30)21-22(18-12-13-19(34-2)23(35-3)20(18)27(32)33)29(36-24(21)26(28)31)16-9-5-4-6-10-16/h4-14,21-22,24H,1-3H3,(H,32,33)/p-1/t21-,22+,24+/m0/s1. The number of carbonyl (C=O) groups is 3. The summed E-state index contributed by atoms with van der Waals surface area (Å²) in [5.41, 5.74) is 1.80. The summed E-state index contributed by atoms with van der Waals surface area (Å²) >= 11 is 0. The molecule has 2 amide bonds. The summed E-state index contributed by atoms with van der Waals surface area (Å²) in [7, 11) is 2.71. The number of anilines is 2. The number of carbonyl (C=O) groups excluding carboxylic acids is 3. The number of hydroxylamine groups is 1. The SMILES string of the molecule is COc1ccc([C@@H]2[C@@H]3C(=O)N(c4cccc(C)c4)C(=O)[C@@H]3ON2c2ccccc2)c(C(=O)[O-])c1OC. The number of aryl methyl sites for hydroxylation is 1. The zero-order valence-electron chi connectivity index (χ0n) is 19.8. The first-order valence-electron chi connectivity index (χ1n) is 11.3. The zero-order valence-corrected chi connectivity index (χ0v) is 19.8. The van der Waals surface area contributed by atoms with E-state index in [9.17, 15) is 19.5 Å². The van der Waals surface area contributed by atoms with Crippen molar-refractivity contribution in [3.05, 3.63) is 83.4 Å². The Morgan fingerprint density at radius 2 is 1.64 bits per heavy atom. The molecular weight excluding hydrogens is 464 g/mol. The van der Waals surface area contributed by atoms with E-state index >= 15 is 0 Å². The number of benzene rings is 3. The number of rotatable bonds is 6. The quantitative estimate of drug-likeness (QED) is 0.488. The largest absolute Gasteiger partial charge is 0.545 e. The second-order valence-electron chi connectivity index (χ2n) is 8.56. The first-order chi connectivity index (χ1) is 17.4. The van der Waals surface area contributed by atoms with Crippen LogP contribution in [0.2, 0.25) is 0 Å². The Kier molecular flexibility index (Phi) is 5.85. The fourth-order valence-corrected chi connectivity index (χ4v) is 4.95. The van der Waals surface area contributed by atoms with Crippen LogP contribution >= 0.6 is 0 Å². The average Bonchev–Trinajstić information content (AvgIpc) is 3.39. The molecule has 9 heteroatoms. The molecule has 0 N–H and O–H groups in total. The second-order valence-corrected chi connectivity index (χ2v) is 8.56. The van der Waals surface area contributed by atoms with E-state index in [-0.39, 0.29) is 22.6 Å². The van der Waals surface area contributed by atoms with E-state index < -0.39 is 35.8 Å². The van der Waals surface area contributed by atoms with Crippen LogP contribution in [0.15, 0.2) is 66.7 Å². The van der Waals surface area contributed by atoms with Crippen molar-refractivity contribution in [2.24, 2.45) is 5.92 Å². The van der Waals surface area contributed by atoms with Crippen molar-refractivity contribution in [1.29, 1.82) is 0 Å². The number of carboxylic acid groups (broad SMARTS) is 1. The number of para-hydroxylation sites is 1. The van der Waals surface area contributed by atoms with Gasteiger partial charge in [-0.15, -0.1) is 0 Å². The normalized spacial score (nSPS) is 21.0. The van der Waals surface area contributed by atoms with Crippen LogP contribution in [-0.4, -0.2) is 38.1 Å². The van der Waals surface area contributed by atoms with Gasteiger partial charge in [-0.25, -0.2) is 9.96 Å². The number of fused-ring (bicyclic) bond motifs is 1. The van der Waals surface area contributed by atoms with Gasteiger partial charge in [-0.2, -0.15) is 0 Å². The van der Waals surface area contributed by atoms with E-state index in [2.05, 4.69) is 0 Å². The van der Waals surface area contributed by atoms with E-state index in [1.165, 1.54) is 25.3 Å². The Labute approximate surface area is 207 Å². The maximum atomic E-state index is 13.8. The summed E-state index contributed by atoms with van der Waals surface area (Å²) in [5, 5.41) is 13.8. The Morgan fingerprint density at radius 3 is 2.28 bits per heavy atom. The molecule has 3 atom stereocenters. The molecule has 5 rings (SSSR count). The highest BCUT2D eigenvalue weighted by atomic mass is 16.7. The van der Waals surface area contributed by atoms with E-state index in [0.29, 0.717) is 11.4 Å². The van der Waals surface area contributed by atoms with Gasteiger partial charge in [0.05, 0.1) is 37.6 Å². The summed E-state index contributed by atoms with van der Waals surface area (Å²) in [6, 6.07) is 18.0. The average molecular weight is 487 g/mol. The van der Waals surface area contributed by atoms with Crippen LogP contribution < -0.4 is 24.5 Å². The van der Waals surface area contributed by atoms with Gasteiger partial charge >= 0.3 is 0 Å². The molecule has 0 saturated carbocycles. The number of carboxylic acids is 1. The molecule has 3 aromatic rings. The first-order valence-corrected chi connectivity index (χ1v) is 11.3. The molecule has 2 fully saturated rings. The molecule has 2 heterocycles. The molecule has 36 heavy (non-hydrogen) atoms. The summed E-state index contributed by atoms with van der Waals surface area (Å²) in [4.78, 5) is 46.9. The van der Waals surface area contributed by atoms with E-state index in [4.69, 9.17) is 14.3 Å². The van der Waals surface area contributed by atoms with Crippen LogP contribution in [0.5, 0.6) is 11.5 Å². The number of hydrogen-bond acceptors (Lipinski definition) is 8. The number of methoxy groups -OCH3 is 2. The predicted molar refractivity (Wildman–Crippen MR) is 128 cm³/mol. The van der Waals surface area contributed by atoms with Crippen molar-refractivity contribution in [2.45, 2.75) is 19.1 Å². The van der Waals surface area contributed by atoms with Crippen molar-refractivity contribution >= 4 is 29.2 Å². The van der Waals surface area contributed by atoms with Gasteiger partial charge in [0, 0.05) is 5.56 Å². The number of imide groups is 1. The lowest BCUT2D eigenvalue weighted by Gasteiger charge is -2.31. The summed E-state index contributed by atoms with van der Waals surface area (Å²) in [5.74, 6) is -3.39. The van der Waals surface area contributed by atoms with E-state index in [1.54, 1.807) is 48.5 Å². The van der Waals surface area contributed by atoms with E-state index in [0.717, 1.165) is 10.5 Å². The lowest BCUT2D eigenvalue weighted by Crippen LogP contribution is -2.38. The highest BCUT2D eigenvalue weighted by Gasteiger charge is 2.60. The second kappa shape index (κ2) is 9.01. The molecule has 184 valence electrons. The first kappa shape index (κ1) is 23.4. The third-order valence-electron chi connectivity index (χ3n) is 6.49. The Morgan fingerprint density at radius 1 is 0.917 bits per heavy atom. The molecule has 0 spiro atoms. The number of hydrogen-bond donors (Lipinski definition) is 0. The zero-order chi connectivity index (χ0) is 25.6. The van der Waals surface area contributed by atoms with Gasteiger partial charge in [0.2, 0.25) is 5.91 Å². The maximum Gasteiger partial charge on any atom is 0.266 e. The van der Waals surface area contributed by atoms with Crippen LogP contribution in [0.3, 0.4) is 0 Å².